The number of rotatable bonds is 13. The van der Waals surface area contributed by atoms with Crippen LogP contribution in [0.25, 0.3) is 0 Å². The fraction of sp³-hybridized carbons (Fsp3) is 0.316. The zero-order chi connectivity index (χ0) is 34.1. The van der Waals surface area contributed by atoms with Crippen molar-refractivity contribution < 1.29 is 27.1 Å². The highest BCUT2D eigenvalue weighted by Crippen LogP contribution is 2.26. The fourth-order valence-corrected chi connectivity index (χ4v) is 7.45. The van der Waals surface area contributed by atoms with Crippen molar-refractivity contribution in [1.82, 2.24) is 10.2 Å². The zero-order valence-corrected chi connectivity index (χ0v) is 28.2. The van der Waals surface area contributed by atoms with Gasteiger partial charge in [0.15, 0.2) is 0 Å². The van der Waals surface area contributed by atoms with Crippen LogP contribution in [0.3, 0.4) is 0 Å². The number of halogens is 1. The second-order valence-corrected chi connectivity index (χ2v) is 14.1. The van der Waals surface area contributed by atoms with Gasteiger partial charge < -0.3 is 15.0 Å². The molecule has 0 radical (unpaired) electrons. The summed E-state index contributed by atoms with van der Waals surface area (Å²) in [5.41, 5.74) is 2.76. The maximum atomic E-state index is 14.7. The monoisotopic (exact) mass is 671 g/mol. The van der Waals surface area contributed by atoms with Crippen molar-refractivity contribution in [2.45, 2.75) is 69.0 Å². The van der Waals surface area contributed by atoms with Crippen LogP contribution in [0.4, 0.5) is 10.1 Å². The molecule has 1 saturated carbocycles. The van der Waals surface area contributed by atoms with Gasteiger partial charge in [-0.15, -0.1) is 0 Å². The summed E-state index contributed by atoms with van der Waals surface area (Å²) in [5, 5.41) is 3.21. The lowest BCUT2D eigenvalue weighted by atomic mass is 9.94. The Labute approximate surface area is 282 Å². The third kappa shape index (κ3) is 8.80. The molecule has 1 aliphatic carbocycles. The number of benzene rings is 4. The summed E-state index contributed by atoms with van der Waals surface area (Å²) in [6, 6.07) is 27.1. The smallest absolute Gasteiger partial charge is 0.264 e. The molecule has 0 bridgehead atoms. The molecule has 2 amide bonds. The molecule has 1 atom stereocenters. The number of hydrogen-bond acceptors (Lipinski definition) is 5. The van der Waals surface area contributed by atoms with Gasteiger partial charge in [0.1, 0.15) is 24.2 Å². The Balaban J connectivity index is 1.57. The molecule has 252 valence electrons. The molecule has 1 N–H and O–H groups in total. The second kappa shape index (κ2) is 15.9. The van der Waals surface area contributed by atoms with E-state index >= 15 is 0 Å². The second-order valence-electron chi connectivity index (χ2n) is 12.2. The minimum Gasteiger partial charge on any atom is -0.497 e. The van der Waals surface area contributed by atoms with Gasteiger partial charge in [0.25, 0.3) is 10.0 Å². The summed E-state index contributed by atoms with van der Waals surface area (Å²) in [5.74, 6) is -0.843. The van der Waals surface area contributed by atoms with Crippen molar-refractivity contribution in [3.8, 4) is 5.75 Å². The average molecular weight is 672 g/mol. The van der Waals surface area contributed by atoms with E-state index in [2.05, 4.69) is 5.32 Å². The van der Waals surface area contributed by atoms with E-state index in [1.807, 2.05) is 49.4 Å². The third-order valence-corrected chi connectivity index (χ3v) is 10.5. The molecule has 0 aliphatic heterocycles. The minimum absolute atomic E-state index is 0.00112. The molecule has 1 unspecified atom stereocenters. The number of amides is 2. The van der Waals surface area contributed by atoms with Crippen LogP contribution in [0.5, 0.6) is 5.75 Å². The standard InChI is InChI=1S/C38H42FN3O5S/c1-28-16-20-33(21-17-28)42(48(45,46)35-22-18-31(39)19-23-35)27-37(43)41(26-30-12-9-15-34(24-30)47-2)36(25-29-10-5-3-6-11-29)38(44)40-32-13-7-4-8-14-32/h3,5-6,9-12,15-24,32,36H,4,7-8,13-14,25-27H2,1-2H3,(H,40,44). The Morgan fingerprint density at radius 3 is 2.21 bits per heavy atom. The molecule has 8 nitrogen and oxygen atoms in total. The highest BCUT2D eigenvalue weighted by molar-refractivity contribution is 7.92. The molecule has 1 aliphatic rings. The first-order chi connectivity index (χ1) is 23.1. The number of carbonyl (C=O) groups excluding carboxylic acids is 2. The normalized spacial score (nSPS) is 14.1. The van der Waals surface area contributed by atoms with Crippen LogP contribution >= 0.6 is 0 Å². The van der Waals surface area contributed by atoms with E-state index in [1.54, 1.807) is 43.5 Å². The Bertz CT molecular complexity index is 1780. The van der Waals surface area contributed by atoms with Gasteiger partial charge in [-0.2, -0.15) is 0 Å². The van der Waals surface area contributed by atoms with E-state index in [9.17, 15) is 22.4 Å². The molecule has 0 saturated heterocycles. The highest BCUT2D eigenvalue weighted by Gasteiger charge is 2.35. The van der Waals surface area contributed by atoms with Gasteiger partial charge >= 0.3 is 0 Å². The third-order valence-electron chi connectivity index (χ3n) is 8.71. The summed E-state index contributed by atoms with van der Waals surface area (Å²) < 4.78 is 48.5. The fourth-order valence-electron chi connectivity index (χ4n) is 6.04. The van der Waals surface area contributed by atoms with E-state index in [1.165, 1.54) is 17.0 Å². The van der Waals surface area contributed by atoms with Crippen LogP contribution in [0.15, 0.2) is 108 Å². The van der Waals surface area contributed by atoms with E-state index in [-0.39, 0.29) is 35.5 Å². The first-order valence-electron chi connectivity index (χ1n) is 16.3. The van der Waals surface area contributed by atoms with Crippen molar-refractivity contribution >= 4 is 27.5 Å². The highest BCUT2D eigenvalue weighted by atomic mass is 32.2. The quantitative estimate of drug-likeness (QED) is 0.177. The molecular formula is C38H42FN3O5S. The number of nitrogens with zero attached hydrogens (tertiary/aromatic N) is 2. The average Bonchev–Trinajstić information content (AvgIpc) is 3.10. The van der Waals surface area contributed by atoms with Crippen LogP contribution in [0, 0.1) is 12.7 Å². The molecule has 4 aromatic carbocycles. The summed E-state index contributed by atoms with van der Waals surface area (Å²) >= 11 is 0. The van der Waals surface area contributed by atoms with E-state index in [4.69, 9.17) is 4.74 Å². The van der Waals surface area contributed by atoms with Crippen LogP contribution in [0.2, 0.25) is 0 Å². The molecule has 10 heteroatoms. The molecule has 1 fully saturated rings. The number of aryl methyl sites for hydroxylation is 1. The van der Waals surface area contributed by atoms with Gasteiger partial charge in [-0.1, -0.05) is 79.4 Å². The van der Waals surface area contributed by atoms with E-state index in [0.29, 0.717) is 5.75 Å². The summed E-state index contributed by atoms with van der Waals surface area (Å²) in [7, 11) is -2.77. The molecule has 0 heterocycles. The van der Waals surface area contributed by atoms with Crippen LogP contribution in [-0.2, 0) is 32.6 Å². The van der Waals surface area contributed by atoms with Gasteiger partial charge in [-0.3, -0.25) is 13.9 Å². The van der Waals surface area contributed by atoms with Crippen molar-refractivity contribution in [2.75, 3.05) is 18.0 Å². The van der Waals surface area contributed by atoms with Crippen LogP contribution in [0.1, 0.15) is 48.8 Å². The van der Waals surface area contributed by atoms with Gasteiger partial charge in [-0.05, 0) is 79.4 Å². The lowest BCUT2D eigenvalue weighted by Gasteiger charge is -2.35. The van der Waals surface area contributed by atoms with Gasteiger partial charge in [-0.25, -0.2) is 12.8 Å². The minimum atomic E-state index is -4.32. The molecule has 48 heavy (non-hydrogen) atoms. The molecule has 4 aromatic rings. The van der Waals surface area contributed by atoms with E-state index in [0.717, 1.165) is 65.2 Å². The van der Waals surface area contributed by atoms with Crippen molar-refractivity contribution in [1.29, 1.82) is 0 Å². The SMILES string of the molecule is COc1cccc(CN(C(=O)CN(c2ccc(C)cc2)S(=O)(=O)c2ccc(F)cc2)C(Cc2ccccc2)C(=O)NC2CCCCC2)c1. The number of ether oxygens (including phenoxy) is 1. The van der Waals surface area contributed by atoms with Gasteiger partial charge in [0.2, 0.25) is 11.8 Å². The van der Waals surface area contributed by atoms with Crippen molar-refractivity contribution in [3.63, 3.8) is 0 Å². The number of anilines is 1. The number of hydrogen-bond donors (Lipinski definition) is 1. The topological polar surface area (TPSA) is 96.0 Å². The van der Waals surface area contributed by atoms with Crippen molar-refractivity contribution in [3.05, 3.63) is 126 Å². The maximum Gasteiger partial charge on any atom is 0.264 e. The lowest BCUT2D eigenvalue weighted by Crippen LogP contribution is -2.55. The number of sulfonamides is 1. The van der Waals surface area contributed by atoms with Crippen LogP contribution < -0.4 is 14.4 Å². The lowest BCUT2D eigenvalue weighted by molar-refractivity contribution is -0.140. The summed E-state index contributed by atoms with van der Waals surface area (Å²) in [6.07, 6.45) is 5.12. The Hall–Kier alpha value is -4.70. The number of nitrogens with one attached hydrogen (secondary N) is 1. The Kier molecular flexibility index (Phi) is 11.5. The number of methoxy groups -OCH3 is 1. The Morgan fingerprint density at radius 2 is 1.54 bits per heavy atom. The predicted octanol–water partition coefficient (Wildman–Crippen LogP) is 6.43. The zero-order valence-electron chi connectivity index (χ0n) is 27.3. The largest absolute Gasteiger partial charge is 0.497 e. The molecule has 0 spiro atoms. The van der Waals surface area contributed by atoms with Crippen LogP contribution in [-0.4, -0.2) is 50.9 Å². The molecule has 0 aromatic heterocycles. The van der Waals surface area contributed by atoms with E-state index < -0.39 is 34.3 Å². The Morgan fingerprint density at radius 1 is 0.875 bits per heavy atom. The number of carbonyl (C=O) groups is 2. The first-order valence-corrected chi connectivity index (χ1v) is 17.7. The summed E-state index contributed by atoms with van der Waals surface area (Å²) in [4.78, 5) is 30.2. The van der Waals surface area contributed by atoms with Crippen molar-refractivity contribution in [2.24, 2.45) is 0 Å². The predicted molar refractivity (Wildman–Crippen MR) is 185 cm³/mol. The summed E-state index contributed by atoms with van der Waals surface area (Å²) in [6.45, 7) is 1.32. The first kappa shape index (κ1) is 34.6. The van der Waals surface area contributed by atoms with Gasteiger partial charge in [0.05, 0.1) is 17.7 Å². The van der Waals surface area contributed by atoms with Gasteiger partial charge in [0, 0.05) is 19.0 Å². The maximum absolute atomic E-state index is 14.7. The molecular weight excluding hydrogens is 629 g/mol. The molecule has 5 rings (SSSR count).